The van der Waals surface area contributed by atoms with Crippen molar-refractivity contribution in [2.45, 2.75) is 47.5 Å². The van der Waals surface area contributed by atoms with Crippen molar-refractivity contribution >= 4 is 5.78 Å². The molecule has 0 amide bonds. The molecule has 0 spiro atoms. The third kappa shape index (κ3) is 3.80. The number of aryl methyl sites for hydroxylation is 2. The molecule has 1 nitrogen and oxygen atoms in total. The molecule has 88 valence electrons. The number of hydrogen-bond acceptors (Lipinski definition) is 1. The summed E-state index contributed by atoms with van der Waals surface area (Å²) in [5.41, 5.74) is 3.42. The van der Waals surface area contributed by atoms with Crippen LogP contribution in [0.25, 0.3) is 0 Å². The fourth-order valence-corrected chi connectivity index (χ4v) is 1.75. The first-order chi connectivity index (χ1) is 7.29. The maximum atomic E-state index is 12.0. The highest BCUT2D eigenvalue weighted by atomic mass is 16.1. The lowest BCUT2D eigenvalue weighted by atomic mass is 9.88. The van der Waals surface area contributed by atoms with Gasteiger partial charge in [0.2, 0.25) is 0 Å². The average molecular weight is 218 g/mol. The number of ketones is 1. The first-order valence-corrected chi connectivity index (χ1v) is 5.90. The lowest BCUT2D eigenvalue weighted by Crippen LogP contribution is -2.10. The Balaban J connectivity index is 2.74. The number of hydrogen-bond donors (Lipinski definition) is 0. The molecule has 0 radical (unpaired) electrons. The summed E-state index contributed by atoms with van der Waals surface area (Å²) in [6, 6.07) is 6.04. The fraction of sp³-hybridized carbons (Fsp3) is 0.533. The minimum Gasteiger partial charge on any atom is -0.294 e. The van der Waals surface area contributed by atoms with E-state index in [1.807, 2.05) is 19.1 Å². The summed E-state index contributed by atoms with van der Waals surface area (Å²) in [5.74, 6) is 0.271. The van der Waals surface area contributed by atoms with Gasteiger partial charge in [-0.05, 0) is 31.2 Å². The van der Waals surface area contributed by atoms with E-state index in [2.05, 4.69) is 33.8 Å². The third-order valence-corrected chi connectivity index (χ3v) is 2.78. The van der Waals surface area contributed by atoms with Crippen LogP contribution < -0.4 is 0 Å². The molecule has 16 heavy (non-hydrogen) atoms. The summed E-state index contributed by atoms with van der Waals surface area (Å²) in [5, 5.41) is 0. The Bertz CT molecular complexity index is 383. The van der Waals surface area contributed by atoms with Crippen LogP contribution in [-0.2, 0) is 0 Å². The van der Waals surface area contributed by atoms with Crippen LogP contribution >= 0.6 is 0 Å². The van der Waals surface area contributed by atoms with Crippen LogP contribution in [0.3, 0.4) is 0 Å². The second kappa shape index (κ2) is 4.82. The van der Waals surface area contributed by atoms with Crippen molar-refractivity contribution in [3.05, 3.63) is 34.9 Å². The second-order valence-electron chi connectivity index (χ2n) is 5.80. The van der Waals surface area contributed by atoms with Gasteiger partial charge in [-0.25, -0.2) is 0 Å². The van der Waals surface area contributed by atoms with E-state index in [1.54, 1.807) is 0 Å². The molecule has 1 aromatic carbocycles. The van der Waals surface area contributed by atoms with Crippen molar-refractivity contribution < 1.29 is 4.79 Å². The largest absolute Gasteiger partial charge is 0.294 e. The highest BCUT2D eigenvalue weighted by molar-refractivity contribution is 5.97. The number of rotatable bonds is 3. The van der Waals surface area contributed by atoms with E-state index in [4.69, 9.17) is 0 Å². The first-order valence-electron chi connectivity index (χ1n) is 5.90. The van der Waals surface area contributed by atoms with E-state index in [0.29, 0.717) is 6.42 Å². The quantitative estimate of drug-likeness (QED) is 0.691. The third-order valence-electron chi connectivity index (χ3n) is 2.78. The molecule has 0 fully saturated rings. The van der Waals surface area contributed by atoms with Gasteiger partial charge in [0.25, 0.3) is 0 Å². The van der Waals surface area contributed by atoms with Crippen LogP contribution in [0.15, 0.2) is 18.2 Å². The van der Waals surface area contributed by atoms with Gasteiger partial charge >= 0.3 is 0 Å². The van der Waals surface area contributed by atoms with E-state index >= 15 is 0 Å². The molecule has 0 N–H and O–H groups in total. The van der Waals surface area contributed by atoms with Gasteiger partial charge < -0.3 is 0 Å². The predicted octanol–water partition coefficient (Wildman–Crippen LogP) is 4.31. The molecule has 0 heterocycles. The minimum absolute atomic E-state index is 0.230. The molecular formula is C15H22O. The second-order valence-corrected chi connectivity index (χ2v) is 5.80. The zero-order chi connectivity index (χ0) is 12.3. The topological polar surface area (TPSA) is 17.1 Å². The molecule has 1 rings (SSSR count). The zero-order valence-electron chi connectivity index (χ0n) is 11.1. The molecule has 0 aromatic heterocycles. The Kier molecular flexibility index (Phi) is 3.90. The molecule has 0 unspecified atom stereocenters. The molecule has 1 aromatic rings. The van der Waals surface area contributed by atoms with Crippen molar-refractivity contribution in [3.63, 3.8) is 0 Å². The predicted molar refractivity (Wildman–Crippen MR) is 68.9 cm³/mol. The van der Waals surface area contributed by atoms with Gasteiger partial charge in [0.15, 0.2) is 5.78 Å². The molecule has 0 atom stereocenters. The van der Waals surface area contributed by atoms with Crippen molar-refractivity contribution in [2.24, 2.45) is 5.41 Å². The highest BCUT2D eigenvalue weighted by Gasteiger charge is 2.15. The summed E-state index contributed by atoms with van der Waals surface area (Å²) in [6.45, 7) is 10.6. The lowest BCUT2D eigenvalue weighted by Gasteiger charge is -2.17. The lowest BCUT2D eigenvalue weighted by molar-refractivity contribution is 0.0965. The van der Waals surface area contributed by atoms with Crippen molar-refractivity contribution in [1.29, 1.82) is 0 Å². The van der Waals surface area contributed by atoms with Gasteiger partial charge in [-0.2, -0.15) is 0 Å². The van der Waals surface area contributed by atoms with Crippen LogP contribution in [0.2, 0.25) is 0 Å². The minimum atomic E-state index is 0.230. The Labute approximate surface area is 98.9 Å². The SMILES string of the molecule is Cc1ccc(C(=O)CCC(C)(C)C)c(C)c1. The fourth-order valence-electron chi connectivity index (χ4n) is 1.75. The van der Waals surface area contributed by atoms with Gasteiger partial charge in [-0.3, -0.25) is 4.79 Å². The number of carbonyl (C=O) groups excluding carboxylic acids is 1. The first kappa shape index (κ1) is 13.0. The molecule has 0 aliphatic carbocycles. The summed E-state index contributed by atoms with van der Waals surface area (Å²) < 4.78 is 0. The molecule has 0 saturated carbocycles. The van der Waals surface area contributed by atoms with Gasteiger partial charge in [-0.15, -0.1) is 0 Å². The van der Waals surface area contributed by atoms with Crippen molar-refractivity contribution in [3.8, 4) is 0 Å². The van der Waals surface area contributed by atoms with Crippen LogP contribution in [0.4, 0.5) is 0 Å². The van der Waals surface area contributed by atoms with E-state index in [-0.39, 0.29) is 11.2 Å². The maximum Gasteiger partial charge on any atom is 0.163 e. The van der Waals surface area contributed by atoms with Crippen LogP contribution in [0.1, 0.15) is 55.1 Å². The highest BCUT2D eigenvalue weighted by Crippen LogP contribution is 2.23. The summed E-state index contributed by atoms with van der Waals surface area (Å²) in [4.78, 5) is 12.0. The van der Waals surface area contributed by atoms with Crippen molar-refractivity contribution in [1.82, 2.24) is 0 Å². The van der Waals surface area contributed by atoms with Gasteiger partial charge in [0.1, 0.15) is 0 Å². The Morgan fingerprint density at radius 3 is 2.31 bits per heavy atom. The monoisotopic (exact) mass is 218 g/mol. The van der Waals surface area contributed by atoms with Crippen LogP contribution in [-0.4, -0.2) is 5.78 Å². The zero-order valence-corrected chi connectivity index (χ0v) is 11.1. The summed E-state index contributed by atoms with van der Waals surface area (Å²) in [7, 11) is 0. The standard InChI is InChI=1S/C15H22O/c1-11-6-7-13(12(2)10-11)14(16)8-9-15(3,4)5/h6-7,10H,8-9H2,1-5H3. The number of carbonyl (C=O) groups is 1. The molecular weight excluding hydrogens is 196 g/mol. The van der Waals surface area contributed by atoms with Crippen molar-refractivity contribution in [2.75, 3.05) is 0 Å². The number of benzene rings is 1. The summed E-state index contributed by atoms with van der Waals surface area (Å²) >= 11 is 0. The molecule has 0 aliphatic heterocycles. The Hall–Kier alpha value is -1.11. The maximum absolute atomic E-state index is 12.0. The van der Waals surface area contributed by atoms with Gasteiger partial charge in [0, 0.05) is 12.0 Å². The van der Waals surface area contributed by atoms with E-state index < -0.39 is 0 Å². The molecule has 1 heteroatoms. The van der Waals surface area contributed by atoms with E-state index in [1.165, 1.54) is 5.56 Å². The molecule has 0 saturated heterocycles. The number of Topliss-reactive ketones (excluding diaryl/α,β-unsaturated/α-hetero) is 1. The Morgan fingerprint density at radius 1 is 1.19 bits per heavy atom. The van der Waals surface area contributed by atoms with E-state index in [9.17, 15) is 4.79 Å². The Morgan fingerprint density at radius 2 is 1.81 bits per heavy atom. The summed E-state index contributed by atoms with van der Waals surface area (Å²) in [6.07, 6.45) is 1.59. The normalized spacial score (nSPS) is 11.6. The van der Waals surface area contributed by atoms with Gasteiger partial charge in [0.05, 0.1) is 0 Å². The van der Waals surface area contributed by atoms with Crippen LogP contribution in [0.5, 0.6) is 0 Å². The molecule has 0 bridgehead atoms. The van der Waals surface area contributed by atoms with Gasteiger partial charge in [-0.1, -0.05) is 44.5 Å². The van der Waals surface area contributed by atoms with Crippen LogP contribution in [0, 0.1) is 19.3 Å². The average Bonchev–Trinajstić information content (AvgIpc) is 2.13. The smallest absolute Gasteiger partial charge is 0.163 e. The molecule has 0 aliphatic rings. The van der Waals surface area contributed by atoms with E-state index in [0.717, 1.165) is 17.5 Å².